The molecule has 0 saturated carbocycles. The Labute approximate surface area is 132 Å². The van der Waals surface area contributed by atoms with Gasteiger partial charge in [0.2, 0.25) is 0 Å². The summed E-state index contributed by atoms with van der Waals surface area (Å²) < 4.78 is 6.73. The summed E-state index contributed by atoms with van der Waals surface area (Å²) >= 11 is 0. The maximum Gasteiger partial charge on any atom is 0.307 e. The predicted molar refractivity (Wildman–Crippen MR) is 83.6 cm³/mol. The summed E-state index contributed by atoms with van der Waals surface area (Å²) in [6, 6.07) is 7.41. The number of carboxylic acid groups (broad SMARTS) is 1. The van der Waals surface area contributed by atoms with Gasteiger partial charge >= 0.3 is 5.97 Å². The number of benzene rings is 1. The number of aromatic nitrogens is 4. The number of aliphatic carboxylic acids is 1. The first-order chi connectivity index (χ1) is 11.0. The minimum atomic E-state index is -0.896. The number of nitrogens with zero attached hydrogens (tertiary/aromatic N) is 4. The molecule has 3 rings (SSSR count). The van der Waals surface area contributed by atoms with Crippen LogP contribution in [0.5, 0.6) is 5.75 Å². The highest BCUT2D eigenvalue weighted by Gasteiger charge is 2.16. The highest BCUT2D eigenvalue weighted by Crippen LogP contribution is 2.21. The van der Waals surface area contributed by atoms with Crippen molar-refractivity contribution < 1.29 is 14.6 Å². The molecule has 0 saturated heterocycles. The molecule has 2 aromatic heterocycles. The van der Waals surface area contributed by atoms with Gasteiger partial charge in [-0.3, -0.25) is 4.79 Å². The molecule has 118 valence electrons. The van der Waals surface area contributed by atoms with Crippen molar-refractivity contribution in [3.8, 4) is 17.1 Å². The Kier molecular flexibility index (Phi) is 3.69. The van der Waals surface area contributed by atoms with E-state index in [1.807, 2.05) is 31.2 Å². The van der Waals surface area contributed by atoms with Crippen LogP contribution in [0.15, 0.2) is 24.3 Å². The van der Waals surface area contributed by atoms with Gasteiger partial charge in [-0.05, 0) is 38.1 Å². The van der Waals surface area contributed by atoms with E-state index >= 15 is 0 Å². The Morgan fingerprint density at radius 1 is 1.22 bits per heavy atom. The molecule has 7 nitrogen and oxygen atoms in total. The molecule has 0 radical (unpaired) electrons. The molecular formula is C16H16N4O3. The molecule has 0 aliphatic heterocycles. The van der Waals surface area contributed by atoms with Crippen LogP contribution in [0.25, 0.3) is 17.2 Å². The summed E-state index contributed by atoms with van der Waals surface area (Å²) in [6.45, 7) is 3.61. The number of hydrogen-bond donors (Lipinski definition) is 1. The van der Waals surface area contributed by atoms with Crippen molar-refractivity contribution >= 4 is 11.7 Å². The van der Waals surface area contributed by atoms with Gasteiger partial charge < -0.3 is 9.84 Å². The summed E-state index contributed by atoms with van der Waals surface area (Å²) in [6.07, 6.45) is -0.0850. The number of aryl methyl sites for hydroxylation is 2. The number of carboxylic acids is 1. The molecule has 7 heteroatoms. The maximum absolute atomic E-state index is 11.0. The van der Waals surface area contributed by atoms with E-state index in [0.717, 1.165) is 17.0 Å². The molecule has 0 spiro atoms. The Bertz CT molecular complexity index is 884. The molecule has 1 N–H and O–H groups in total. The lowest BCUT2D eigenvalue weighted by atomic mass is 10.1. The van der Waals surface area contributed by atoms with Gasteiger partial charge in [-0.2, -0.15) is 4.98 Å². The molecule has 3 aromatic rings. The van der Waals surface area contributed by atoms with E-state index in [-0.39, 0.29) is 6.42 Å². The van der Waals surface area contributed by atoms with Gasteiger partial charge in [0.05, 0.1) is 13.5 Å². The van der Waals surface area contributed by atoms with Gasteiger partial charge in [-0.15, -0.1) is 5.10 Å². The molecule has 2 heterocycles. The summed E-state index contributed by atoms with van der Waals surface area (Å²) in [5, 5.41) is 13.5. The largest absolute Gasteiger partial charge is 0.497 e. The third kappa shape index (κ3) is 2.73. The molecule has 23 heavy (non-hydrogen) atoms. The van der Waals surface area contributed by atoms with E-state index < -0.39 is 5.97 Å². The first-order valence-corrected chi connectivity index (χ1v) is 7.08. The molecule has 0 bridgehead atoms. The van der Waals surface area contributed by atoms with Crippen molar-refractivity contribution in [3.05, 3.63) is 41.2 Å². The number of fused-ring (bicyclic) bond motifs is 1. The monoisotopic (exact) mass is 312 g/mol. The van der Waals surface area contributed by atoms with Crippen LogP contribution in [-0.4, -0.2) is 37.8 Å². The quantitative estimate of drug-likeness (QED) is 0.793. The second kappa shape index (κ2) is 5.68. The van der Waals surface area contributed by atoms with Gasteiger partial charge in [0.1, 0.15) is 5.75 Å². The van der Waals surface area contributed by atoms with E-state index in [1.165, 1.54) is 0 Å². The summed E-state index contributed by atoms with van der Waals surface area (Å²) in [7, 11) is 1.61. The molecule has 0 atom stereocenters. The van der Waals surface area contributed by atoms with E-state index in [1.54, 1.807) is 18.5 Å². The van der Waals surface area contributed by atoms with E-state index in [0.29, 0.717) is 22.9 Å². The van der Waals surface area contributed by atoms with Crippen molar-refractivity contribution in [2.45, 2.75) is 20.3 Å². The van der Waals surface area contributed by atoms with Crippen LogP contribution in [0.4, 0.5) is 0 Å². The highest BCUT2D eigenvalue weighted by molar-refractivity contribution is 5.71. The lowest BCUT2D eigenvalue weighted by molar-refractivity contribution is -0.136. The van der Waals surface area contributed by atoms with Gasteiger partial charge in [0.25, 0.3) is 5.78 Å². The van der Waals surface area contributed by atoms with Crippen LogP contribution >= 0.6 is 0 Å². The third-order valence-electron chi connectivity index (χ3n) is 3.73. The topological polar surface area (TPSA) is 89.6 Å². The standard InChI is InChI=1S/C16H16N4O3/c1-9-13(8-14(21)22)10(2)20-16(17-9)18-15(19-20)11-4-6-12(23-3)7-5-11/h4-7H,8H2,1-3H3,(H,21,22). The van der Waals surface area contributed by atoms with Crippen LogP contribution in [0.2, 0.25) is 0 Å². The van der Waals surface area contributed by atoms with Gasteiger partial charge in [0, 0.05) is 22.5 Å². The maximum atomic E-state index is 11.0. The van der Waals surface area contributed by atoms with Gasteiger partial charge in [0.15, 0.2) is 5.82 Å². The fourth-order valence-corrected chi connectivity index (χ4v) is 2.48. The molecule has 0 aliphatic rings. The van der Waals surface area contributed by atoms with Crippen LogP contribution in [0.1, 0.15) is 17.0 Å². The van der Waals surface area contributed by atoms with E-state index in [9.17, 15) is 4.79 Å². The zero-order chi connectivity index (χ0) is 16.6. The second-order valence-corrected chi connectivity index (χ2v) is 5.21. The van der Waals surface area contributed by atoms with Crippen LogP contribution in [0.3, 0.4) is 0 Å². The first-order valence-electron chi connectivity index (χ1n) is 7.08. The van der Waals surface area contributed by atoms with Gasteiger partial charge in [-0.25, -0.2) is 9.50 Å². The lowest BCUT2D eigenvalue weighted by Crippen LogP contribution is -2.10. The fraction of sp³-hybridized carbons (Fsp3) is 0.250. The summed E-state index contributed by atoms with van der Waals surface area (Å²) in [5.74, 6) is 0.856. The number of rotatable bonds is 4. The Hall–Kier alpha value is -2.96. The second-order valence-electron chi connectivity index (χ2n) is 5.21. The van der Waals surface area contributed by atoms with Crippen molar-refractivity contribution in [1.29, 1.82) is 0 Å². The van der Waals surface area contributed by atoms with Crippen LogP contribution in [-0.2, 0) is 11.2 Å². The fourth-order valence-electron chi connectivity index (χ4n) is 2.48. The van der Waals surface area contributed by atoms with E-state index in [4.69, 9.17) is 9.84 Å². The third-order valence-corrected chi connectivity index (χ3v) is 3.73. The Morgan fingerprint density at radius 2 is 1.91 bits per heavy atom. The van der Waals surface area contributed by atoms with Crippen molar-refractivity contribution in [2.24, 2.45) is 0 Å². The number of methoxy groups -OCH3 is 1. The van der Waals surface area contributed by atoms with Crippen LogP contribution in [0, 0.1) is 13.8 Å². The smallest absolute Gasteiger partial charge is 0.307 e. The number of ether oxygens (including phenoxy) is 1. The van der Waals surface area contributed by atoms with Crippen molar-refractivity contribution in [3.63, 3.8) is 0 Å². The molecule has 0 aliphatic carbocycles. The van der Waals surface area contributed by atoms with Crippen molar-refractivity contribution in [1.82, 2.24) is 19.6 Å². The Balaban J connectivity index is 2.10. The first kappa shape index (κ1) is 15.0. The van der Waals surface area contributed by atoms with Gasteiger partial charge in [-0.1, -0.05) is 0 Å². The number of hydrogen-bond acceptors (Lipinski definition) is 5. The zero-order valence-electron chi connectivity index (χ0n) is 13.1. The zero-order valence-corrected chi connectivity index (χ0v) is 13.1. The minimum absolute atomic E-state index is 0.0850. The summed E-state index contributed by atoms with van der Waals surface area (Å²) in [4.78, 5) is 19.8. The molecule has 0 amide bonds. The predicted octanol–water partition coefficient (Wildman–Crippen LogP) is 2.04. The molecular weight excluding hydrogens is 296 g/mol. The molecule has 1 aromatic carbocycles. The summed E-state index contributed by atoms with van der Waals surface area (Å²) in [5.41, 5.74) is 2.90. The average Bonchev–Trinajstić information content (AvgIpc) is 2.95. The number of carbonyl (C=O) groups is 1. The molecule has 0 unspecified atom stereocenters. The van der Waals surface area contributed by atoms with Crippen LogP contribution < -0.4 is 4.74 Å². The minimum Gasteiger partial charge on any atom is -0.497 e. The van der Waals surface area contributed by atoms with E-state index in [2.05, 4.69) is 15.1 Å². The Morgan fingerprint density at radius 3 is 2.52 bits per heavy atom. The highest BCUT2D eigenvalue weighted by atomic mass is 16.5. The molecule has 0 fully saturated rings. The lowest BCUT2D eigenvalue weighted by Gasteiger charge is -2.07. The SMILES string of the molecule is COc1ccc(-c2nc3nc(C)c(CC(=O)O)c(C)n3n2)cc1. The average molecular weight is 312 g/mol. The van der Waals surface area contributed by atoms with Crippen molar-refractivity contribution in [2.75, 3.05) is 7.11 Å². The normalized spacial score (nSPS) is 10.9.